The van der Waals surface area contributed by atoms with E-state index in [0.29, 0.717) is 23.2 Å². The maximum atomic E-state index is 11.6. The number of ketones is 1. The van der Waals surface area contributed by atoms with Gasteiger partial charge in [-0.2, -0.15) is 0 Å². The summed E-state index contributed by atoms with van der Waals surface area (Å²) in [6, 6.07) is 0. The maximum Gasteiger partial charge on any atom is 0.168 e. The summed E-state index contributed by atoms with van der Waals surface area (Å²) in [5.74, 6) is 2.16. The number of carbonyl (C=O) groups excluding carboxylic acids is 1. The SMILES string of the molecule is CCC(C)C(CC(C)(C)C)C1C=CC(=O)C(Br)C1. The predicted molar refractivity (Wildman–Crippen MR) is 82.0 cm³/mol. The number of alkyl halides is 1. The molecule has 4 unspecified atom stereocenters. The summed E-state index contributed by atoms with van der Waals surface area (Å²) in [7, 11) is 0. The molecular weight excluding hydrogens is 288 g/mol. The number of hydrogen-bond donors (Lipinski definition) is 0. The lowest BCUT2D eigenvalue weighted by Crippen LogP contribution is -2.31. The van der Waals surface area contributed by atoms with Crippen LogP contribution < -0.4 is 0 Å². The van der Waals surface area contributed by atoms with Crippen molar-refractivity contribution in [3.63, 3.8) is 0 Å². The van der Waals surface area contributed by atoms with Crippen molar-refractivity contribution in [2.24, 2.45) is 23.2 Å². The maximum absolute atomic E-state index is 11.6. The van der Waals surface area contributed by atoms with Gasteiger partial charge in [-0.3, -0.25) is 4.79 Å². The van der Waals surface area contributed by atoms with Crippen LogP contribution in [-0.2, 0) is 4.79 Å². The third kappa shape index (κ3) is 4.53. The molecule has 0 amide bonds. The van der Waals surface area contributed by atoms with E-state index in [-0.39, 0.29) is 10.6 Å². The number of hydrogen-bond acceptors (Lipinski definition) is 1. The van der Waals surface area contributed by atoms with Gasteiger partial charge in [0, 0.05) is 0 Å². The van der Waals surface area contributed by atoms with Gasteiger partial charge in [0.25, 0.3) is 0 Å². The predicted octanol–water partition coefficient (Wildman–Crippen LogP) is 4.99. The van der Waals surface area contributed by atoms with Gasteiger partial charge in [-0.15, -0.1) is 0 Å². The van der Waals surface area contributed by atoms with Gasteiger partial charge in [-0.1, -0.05) is 63.0 Å². The Labute approximate surface area is 121 Å². The Morgan fingerprint density at radius 3 is 2.50 bits per heavy atom. The van der Waals surface area contributed by atoms with Crippen molar-refractivity contribution in [3.8, 4) is 0 Å². The fourth-order valence-electron chi connectivity index (χ4n) is 2.86. The fourth-order valence-corrected chi connectivity index (χ4v) is 3.44. The van der Waals surface area contributed by atoms with Crippen LogP contribution in [-0.4, -0.2) is 10.6 Å². The monoisotopic (exact) mass is 314 g/mol. The highest BCUT2D eigenvalue weighted by molar-refractivity contribution is 9.10. The molecule has 0 aromatic heterocycles. The van der Waals surface area contributed by atoms with Crippen LogP contribution in [0.2, 0.25) is 0 Å². The molecular formula is C16H27BrO. The second-order valence-electron chi connectivity index (χ2n) is 6.94. The lowest BCUT2D eigenvalue weighted by molar-refractivity contribution is -0.114. The Morgan fingerprint density at radius 2 is 2.06 bits per heavy atom. The third-order valence-corrected chi connectivity index (χ3v) is 4.89. The van der Waals surface area contributed by atoms with E-state index in [4.69, 9.17) is 0 Å². The molecule has 1 rings (SSSR count). The number of rotatable bonds is 4. The Balaban J connectivity index is 2.84. The van der Waals surface area contributed by atoms with Crippen molar-refractivity contribution in [3.05, 3.63) is 12.2 Å². The molecule has 2 heteroatoms. The van der Waals surface area contributed by atoms with E-state index in [1.54, 1.807) is 6.08 Å². The summed E-state index contributed by atoms with van der Waals surface area (Å²) in [5.41, 5.74) is 0.352. The highest BCUT2D eigenvalue weighted by Gasteiger charge is 2.33. The Kier molecular flexibility index (Phi) is 5.64. The topological polar surface area (TPSA) is 17.1 Å². The molecule has 0 saturated carbocycles. The van der Waals surface area contributed by atoms with E-state index in [1.807, 2.05) is 0 Å². The lowest BCUT2D eigenvalue weighted by atomic mass is 9.69. The molecule has 104 valence electrons. The van der Waals surface area contributed by atoms with Gasteiger partial charge in [-0.05, 0) is 42.1 Å². The number of allylic oxidation sites excluding steroid dienone is 2. The van der Waals surface area contributed by atoms with E-state index in [0.717, 1.165) is 6.42 Å². The molecule has 0 aliphatic heterocycles. The molecule has 0 spiro atoms. The van der Waals surface area contributed by atoms with Gasteiger partial charge in [0.2, 0.25) is 0 Å². The summed E-state index contributed by atoms with van der Waals surface area (Å²) >= 11 is 3.51. The van der Waals surface area contributed by atoms with E-state index in [2.05, 4.69) is 56.6 Å². The molecule has 0 aromatic carbocycles. The van der Waals surface area contributed by atoms with Gasteiger partial charge in [0.05, 0.1) is 4.83 Å². The van der Waals surface area contributed by atoms with Crippen LogP contribution in [0.25, 0.3) is 0 Å². The molecule has 0 heterocycles. The van der Waals surface area contributed by atoms with Gasteiger partial charge < -0.3 is 0 Å². The first-order chi connectivity index (χ1) is 8.24. The minimum absolute atomic E-state index is 0.0269. The van der Waals surface area contributed by atoms with Crippen LogP contribution in [0.1, 0.15) is 53.9 Å². The molecule has 18 heavy (non-hydrogen) atoms. The van der Waals surface area contributed by atoms with Crippen LogP contribution in [0.15, 0.2) is 12.2 Å². The van der Waals surface area contributed by atoms with Gasteiger partial charge in [0.1, 0.15) is 0 Å². The van der Waals surface area contributed by atoms with Crippen LogP contribution in [0.4, 0.5) is 0 Å². The average molecular weight is 315 g/mol. The minimum Gasteiger partial charge on any atom is -0.294 e. The Bertz CT molecular complexity index is 314. The average Bonchev–Trinajstić information content (AvgIpc) is 2.27. The highest BCUT2D eigenvalue weighted by Crippen LogP contribution is 2.39. The van der Waals surface area contributed by atoms with E-state index < -0.39 is 0 Å². The Hall–Kier alpha value is -0.110. The third-order valence-electron chi connectivity index (χ3n) is 4.07. The molecule has 0 N–H and O–H groups in total. The first-order valence-corrected chi connectivity index (χ1v) is 8.02. The van der Waals surface area contributed by atoms with Gasteiger partial charge >= 0.3 is 0 Å². The van der Waals surface area contributed by atoms with E-state index >= 15 is 0 Å². The standard InChI is InChI=1S/C16H27BrO/c1-6-11(2)13(10-16(3,4)5)12-7-8-15(18)14(17)9-12/h7-8,11-14H,6,9-10H2,1-5H3. The normalized spacial score (nSPS) is 28.2. The van der Waals surface area contributed by atoms with Crippen molar-refractivity contribution in [1.82, 2.24) is 0 Å². The molecule has 0 fully saturated rings. The van der Waals surface area contributed by atoms with Gasteiger partial charge in [0.15, 0.2) is 5.78 Å². The highest BCUT2D eigenvalue weighted by atomic mass is 79.9. The molecule has 1 aliphatic carbocycles. The van der Waals surface area contributed by atoms with Crippen LogP contribution in [0.3, 0.4) is 0 Å². The van der Waals surface area contributed by atoms with E-state index in [9.17, 15) is 4.79 Å². The van der Waals surface area contributed by atoms with Crippen molar-refractivity contribution in [2.75, 3.05) is 0 Å². The van der Waals surface area contributed by atoms with Crippen molar-refractivity contribution < 1.29 is 4.79 Å². The molecule has 0 radical (unpaired) electrons. The second-order valence-corrected chi connectivity index (χ2v) is 8.05. The largest absolute Gasteiger partial charge is 0.294 e. The molecule has 0 saturated heterocycles. The van der Waals surface area contributed by atoms with E-state index in [1.165, 1.54) is 12.8 Å². The van der Waals surface area contributed by atoms with Crippen LogP contribution in [0, 0.1) is 23.2 Å². The molecule has 1 aliphatic rings. The van der Waals surface area contributed by atoms with Crippen LogP contribution in [0.5, 0.6) is 0 Å². The minimum atomic E-state index is 0.0269. The van der Waals surface area contributed by atoms with Gasteiger partial charge in [-0.25, -0.2) is 0 Å². The first kappa shape index (κ1) is 15.9. The zero-order chi connectivity index (χ0) is 13.9. The molecule has 0 bridgehead atoms. The Morgan fingerprint density at radius 1 is 1.44 bits per heavy atom. The second kappa shape index (κ2) is 6.36. The molecule has 4 atom stereocenters. The molecule has 0 aromatic rings. The van der Waals surface area contributed by atoms with Crippen molar-refractivity contribution in [2.45, 2.75) is 58.7 Å². The van der Waals surface area contributed by atoms with Crippen molar-refractivity contribution in [1.29, 1.82) is 0 Å². The number of halogens is 1. The summed E-state index contributed by atoms with van der Waals surface area (Å²) in [5, 5.41) is 0. The molecule has 1 nitrogen and oxygen atoms in total. The zero-order valence-electron chi connectivity index (χ0n) is 12.4. The quantitative estimate of drug-likeness (QED) is 0.668. The van der Waals surface area contributed by atoms with Crippen molar-refractivity contribution >= 4 is 21.7 Å². The lowest BCUT2D eigenvalue weighted by Gasteiger charge is -2.36. The summed E-state index contributed by atoms with van der Waals surface area (Å²) in [4.78, 5) is 11.6. The number of carbonyl (C=O) groups is 1. The summed E-state index contributed by atoms with van der Waals surface area (Å²) in [6.07, 6.45) is 7.34. The van der Waals surface area contributed by atoms with Crippen LogP contribution >= 0.6 is 15.9 Å². The summed E-state index contributed by atoms with van der Waals surface area (Å²) < 4.78 is 0. The fraction of sp³-hybridized carbons (Fsp3) is 0.812. The first-order valence-electron chi connectivity index (χ1n) is 7.10. The smallest absolute Gasteiger partial charge is 0.168 e. The zero-order valence-corrected chi connectivity index (χ0v) is 14.0. The summed E-state index contributed by atoms with van der Waals surface area (Å²) in [6.45, 7) is 11.6.